The Morgan fingerprint density at radius 2 is 0.574 bits per heavy atom. The van der Waals surface area contributed by atoms with Crippen LogP contribution in [0.1, 0.15) is 73.0 Å². The minimum atomic E-state index is -0.893. The zero-order valence-electron chi connectivity index (χ0n) is 56.8. The third kappa shape index (κ3) is 22.1. The van der Waals surface area contributed by atoms with Crippen molar-refractivity contribution in [2.24, 2.45) is 0 Å². The number of hydrogen-bond donors (Lipinski definition) is 12. The fourth-order valence-corrected chi connectivity index (χ4v) is 13.9. The molecular formula is C79H92Cl6N6O10. The van der Waals surface area contributed by atoms with Crippen LogP contribution in [0.3, 0.4) is 0 Å². The highest BCUT2D eigenvalue weighted by Crippen LogP contribution is 2.46. The predicted octanol–water partition coefficient (Wildman–Crippen LogP) is 12.8. The molecule has 101 heavy (non-hydrogen) atoms. The molecule has 9 aromatic rings. The van der Waals surface area contributed by atoms with Crippen LogP contribution < -0.4 is 30.2 Å². The second kappa shape index (κ2) is 42.0. The Morgan fingerprint density at radius 3 is 0.851 bits per heavy atom. The number of halogens is 6. The molecule has 0 amide bonds. The average molecular weight is 1500 g/mol. The fraction of sp³-hybridized carbons (Fsp3) is 0.316. The molecule has 9 rings (SSSR count). The standard InChI is InChI=1S/C29H37ClN2O4.C27H31Cl3N2O4.C23H24Cl2N2O2/c1-21-19-23(31(11-15-33)12-16-34)7-9-25(21)29(27-5-3-4-6-28(27)30)26-10-8-24(20-22(26)2)32(13-17-35)14-18-36;28-24-4-2-1-3-21(24)27(22-7-5-19(17-25(22)29)31(9-13-33)10-14-34)23-8-6-20(18-26(23)30)32(11-15-35)12-16-36;24-20-7-1-17(2-8-20)23(25,18-3-9-21(10-4-18)26-13-15-28)19-5-11-22(12-6-19)27-14-16-29/h3-10,19-20,29,33-36H,11-18H2,1-2H3;1-8,17-18,27,33-36H,9-16H2;1-12,26-29H,13-16H2. The first-order valence-electron chi connectivity index (χ1n) is 33.5. The van der Waals surface area contributed by atoms with Gasteiger partial charge in [0.05, 0.1) is 66.1 Å². The van der Waals surface area contributed by atoms with E-state index in [0.29, 0.717) is 90.6 Å². The molecule has 12 N–H and O–H groups in total. The van der Waals surface area contributed by atoms with Gasteiger partial charge in [-0.15, -0.1) is 11.6 Å². The SMILES string of the molecule is Cc1cc(N(CCO)CCO)ccc1C(c1ccc(N(CCO)CCO)cc1C)c1ccccc1Cl.OCCN(CCO)c1ccc(C(c2ccccc2Cl)c2ccc(N(CCO)CCO)cc2Cl)c(Cl)c1.OCCNc1ccc(C(Cl)(c2ccc(Cl)cc2)c2ccc(NCCO)cc2)cc1. The zero-order chi connectivity index (χ0) is 72.8. The Morgan fingerprint density at radius 1 is 0.307 bits per heavy atom. The van der Waals surface area contributed by atoms with Crippen molar-refractivity contribution in [3.05, 3.63) is 280 Å². The van der Waals surface area contributed by atoms with E-state index >= 15 is 0 Å². The molecule has 0 atom stereocenters. The lowest BCUT2D eigenvalue weighted by molar-refractivity contribution is 0.280. The molecule has 0 saturated heterocycles. The molecule has 0 heterocycles. The number of alkyl halides is 1. The number of benzene rings is 9. The molecule has 0 bridgehead atoms. The van der Waals surface area contributed by atoms with Crippen LogP contribution in [-0.2, 0) is 4.87 Å². The van der Waals surface area contributed by atoms with Gasteiger partial charge in [0, 0.05) is 137 Å². The second-order valence-corrected chi connectivity index (χ2v) is 26.4. The summed E-state index contributed by atoms with van der Waals surface area (Å²) >= 11 is 40.4. The van der Waals surface area contributed by atoms with Gasteiger partial charge >= 0.3 is 0 Å². The van der Waals surface area contributed by atoms with E-state index in [1.165, 1.54) is 0 Å². The highest BCUT2D eigenvalue weighted by molar-refractivity contribution is 6.34. The Labute approximate surface area is 623 Å². The molecule has 0 spiro atoms. The van der Waals surface area contributed by atoms with Gasteiger partial charge in [-0.3, -0.25) is 0 Å². The molecule has 0 aromatic heterocycles. The molecule has 0 aliphatic heterocycles. The van der Waals surface area contributed by atoms with Crippen LogP contribution in [0.5, 0.6) is 0 Å². The first-order chi connectivity index (χ1) is 49.0. The number of hydrogen-bond acceptors (Lipinski definition) is 16. The molecule has 22 heteroatoms. The van der Waals surface area contributed by atoms with Crippen molar-refractivity contribution in [2.75, 3.05) is 162 Å². The lowest BCUT2D eigenvalue weighted by atomic mass is 9.81. The monoisotopic (exact) mass is 1490 g/mol. The van der Waals surface area contributed by atoms with Gasteiger partial charge in [0.2, 0.25) is 0 Å². The van der Waals surface area contributed by atoms with Gasteiger partial charge < -0.3 is 81.3 Å². The topological polar surface area (TPSA) is 239 Å². The van der Waals surface area contributed by atoms with E-state index < -0.39 is 4.87 Å². The summed E-state index contributed by atoms with van der Waals surface area (Å²) < 4.78 is 0. The van der Waals surface area contributed by atoms with E-state index in [4.69, 9.17) is 79.8 Å². The van der Waals surface area contributed by atoms with E-state index in [1.807, 2.05) is 183 Å². The quantitative estimate of drug-likeness (QED) is 0.0131. The van der Waals surface area contributed by atoms with Crippen LogP contribution in [0, 0.1) is 13.8 Å². The van der Waals surface area contributed by atoms with E-state index in [2.05, 4.69) is 54.8 Å². The summed E-state index contributed by atoms with van der Waals surface area (Å²) in [7, 11) is 0. The van der Waals surface area contributed by atoms with Crippen molar-refractivity contribution in [3.63, 3.8) is 0 Å². The van der Waals surface area contributed by atoms with E-state index in [-0.39, 0.29) is 77.9 Å². The van der Waals surface area contributed by atoms with Crippen LogP contribution in [0.2, 0.25) is 25.1 Å². The molecule has 9 aromatic carbocycles. The van der Waals surface area contributed by atoms with Crippen molar-refractivity contribution in [1.82, 2.24) is 0 Å². The summed E-state index contributed by atoms with van der Waals surface area (Å²) in [5, 5.41) is 103. The van der Waals surface area contributed by atoms with Crippen molar-refractivity contribution >= 4 is 104 Å². The summed E-state index contributed by atoms with van der Waals surface area (Å²) in [6, 6.07) is 62.5. The van der Waals surface area contributed by atoms with E-state index in [0.717, 1.165) is 95.3 Å². The number of rotatable bonds is 35. The summed E-state index contributed by atoms with van der Waals surface area (Å²) in [6.07, 6.45) is 0. The van der Waals surface area contributed by atoms with Crippen molar-refractivity contribution in [1.29, 1.82) is 0 Å². The molecule has 540 valence electrons. The van der Waals surface area contributed by atoms with Crippen LogP contribution >= 0.6 is 69.6 Å². The van der Waals surface area contributed by atoms with Crippen LogP contribution in [0.4, 0.5) is 34.1 Å². The highest BCUT2D eigenvalue weighted by Gasteiger charge is 2.35. The van der Waals surface area contributed by atoms with Crippen LogP contribution in [0.15, 0.2) is 194 Å². The zero-order valence-corrected chi connectivity index (χ0v) is 61.3. The van der Waals surface area contributed by atoms with Gasteiger partial charge in [-0.05, 0) is 172 Å². The molecule has 0 aliphatic rings. The fourth-order valence-electron chi connectivity index (χ4n) is 12.3. The molecule has 16 nitrogen and oxygen atoms in total. The van der Waals surface area contributed by atoms with Gasteiger partial charge in [0.15, 0.2) is 0 Å². The van der Waals surface area contributed by atoms with Gasteiger partial charge in [-0.25, -0.2) is 0 Å². The number of nitrogens with one attached hydrogen (secondary N) is 2. The molecule has 0 aliphatic carbocycles. The van der Waals surface area contributed by atoms with E-state index in [9.17, 15) is 40.9 Å². The maximum Gasteiger partial charge on any atom is 0.119 e. The smallest absolute Gasteiger partial charge is 0.119 e. The average Bonchev–Trinajstić information content (AvgIpc) is 0.780. The molecule has 0 fully saturated rings. The lowest BCUT2D eigenvalue weighted by Gasteiger charge is -2.29. The van der Waals surface area contributed by atoms with Crippen molar-refractivity contribution in [2.45, 2.75) is 30.6 Å². The van der Waals surface area contributed by atoms with Gasteiger partial charge in [0.1, 0.15) is 4.87 Å². The number of aliphatic hydroxyl groups is 10. The maximum atomic E-state index is 9.45. The number of anilines is 6. The molecule has 0 radical (unpaired) electrons. The normalized spacial score (nSPS) is 11.2. The lowest BCUT2D eigenvalue weighted by Crippen LogP contribution is -2.30. The summed E-state index contributed by atoms with van der Waals surface area (Å²) in [5.74, 6) is -0.467. The number of aryl methyl sites for hydroxylation is 2. The first-order valence-corrected chi connectivity index (χ1v) is 35.7. The molecule has 0 unspecified atom stereocenters. The highest BCUT2D eigenvalue weighted by atomic mass is 35.5. The Kier molecular flexibility index (Phi) is 33.9. The minimum Gasteiger partial charge on any atom is -0.395 e. The largest absolute Gasteiger partial charge is 0.395 e. The van der Waals surface area contributed by atoms with Gasteiger partial charge in [0.25, 0.3) is 0 Å². The number of nitrogens with zero attached hydrogens (tertiary/aromatic N) is 4. The molecule has 0 saturated carbocycles. The third-order valence-corrected chi connectivity index (χ3v) is 19.5. The minimum absolute atomic E-state index is 0.0121. The van der Waals surface area contributed by atoms with Crippen LogP contribution in [-0.4, -0.2) is 183 Å². The van der Waals surface area contributed by atoms with Crippen molar-refractivity contribution in [3.8, 4) is 0 Å². The Bertz CT molecular complexity index is 3570. The summed E-state index contributed by atoms with van der Waals surface area (Å²) in [4.78, 5) is 6.77. The van der Waals surface area contributed by atoms with Gasteiger partial charge in [-0.2, -0.15) is 0 Å². The third-order valence-electron chi connectivity index (χ3n) is 17.3. The Hall–Kier alpha value is -6.88. The number of aliphatic hydroxyl groups excluding tert-OH is 10. The van der Waals surface area contributed by atoms with E-state index in [1.54, 1.807) is 0 Å². The predicted molar refractivity (Wildman–Crippen MR) is 417 cm³/mol. The maximum absolute atomic E-state index is 9.45. The van der Waals surface area contributed by atoms with Gasteiger partial charge in [-0.1, -0.05) is 155 Å². The van der Waals surface area contributed by atoms with Crippen LogP contribution in [0.25, 0.3) is 0 Å². The second-order valence-electron chi connectivity index (χ2n) is 23.8. The summed E-state index contributed by atoms with van der Waals surface area (Å²) in [5.41, 5.74) is 16.0. The first kappa shape index (κ1) is 81.4. The molecular weight excluding hydrogens is 1410 g/mol. The Balaban J connectivity index is 0.000000214. The van der Waals surface area contributed by atoms with Crippen molar-refractivity contribution < 1.29 is 51.1 Å². The summed E-state index contributed by atoms with van der Waals surface area (Å²) in [6.45, 7) is 8.42.